The first-order valence-electron chi connectivity index (χ1n) is 1.99. The van der Waals surface area contributed by atoms with E-state index in [1.54, 1.807) is 11.3 Å². The van der Waals surface area contributed by atoms with Gasteiger partial charge < -0.3 is 0 Å². The van der Waals surface area contributed by atoms with Crippen LogP contribution in [0, 0.1) is 3.01 Å². The summed E-state index contributed by atoms with van der Waals surface area (Å²) in [6.45, 7) is 0. The lowest BCUT2D eigenvalue weighted by molar-refractivity contribution is 1.35. The third-order valence-electron chi connectivity index (χ3n) is 0.657. The molecule has 0 unspecified atom stereocenters. The summed E-state index contributed by atoms with van der Waals surface area (Å²) in [4.78, 5) is 5.44. The Labute approximate surface area is 79.2 Å². The fourth-order valence-corrected chi connectivity index (χ4v) is 2.48. The molecule has 0 bridgehead atoms. The highest BCUT2D eigenvalue weighted by atomic mass is 127. The molecule has 0 saturated carbocycles. The highest BCUT2D eigenvalue weighted by molar-refractivity contribution is 14.1. The zero-order chi connectivity index (χ0) is 5.98. The van der Waals surface area contributed by atoms with Gasteiger partial charge in [0.05, 0.1) is 0 Å². The van der Waals surface area contributed by atoms with Crippen molar-refractivity contribution in [2.45, 2.75) is 4.43 Å². The number of rotatable bonds is 1. The number of hydrogen-bond acceptors (Lipinski definition) is 2. The molecule has 0 spiro atoms. The Morgan fingerprint density at radius 2 is 2.50 bits per heavy atom. The van der Waals surface area contributed by atoms with Crippen LogP contribution in [0.2, 0.25) is 0 Å². The summed E-state index contributed by atoms with van der Waals surface area (Å²) in [5, 5.41) is 0. The molecule has 4 heteroatoms. The maximum Gasteiger partial charge on any atom is 0.154 e. The van der Waals surface area contributed by atoms with Gasteiger partial charge in [-0.25, -0.2) is 4.98 Å². The van der Waals surface area contributed by atoms with E-state index in [9.17, 15) is 0 Å². The van der Waals surface area contributed by atoms with Gasteiger partial charge in [0.15, 0.2) is 3.01 Å². The average Bonchev–Trinajstić information content (AvgIpc) is 2.14. The Bertz CT molecular complexity index is 174. The normalized spacial score (nSPS) is 9.75. The van der Waals surface area contributed by atoms with Gasteiger partial charge in [0.2, 0.25) is 0 Å². The minimum atomic E-state index is 1.08. The molecule has 0 amide bonds. The fourth-order valence-electron chi connectivity index (χ4n) is 0.345. The van der Waals surface area contributed by atoms with Gasteiger partial charge >= 0.3 is 0 Å². The maximum absolute atomic E-state index is 4.09. The van der Waals surface area contributed by atoms with Crippen LogP contribution in [0.15, 0.2) is 6.20 Å². The Morgan fingerprint density at radius 3 is 2.75 bits per heavy atom. The number of alkyl halides is 1. The second-order valence-electron chi connectivity index (χ2n) is 1.21. The van der Waals surface area contributed by atoms with E-state index in [1.165, 1.54) is 4.88 Å². The molecule has 0 radical (unpaired) electrons. The molecule has 1 heterocycles. The van der Waals surface area contributed by atoms with Crippen LogP contribution in [0.3, 0.4) is 0 Å². The van der Waals surface area contributed by atoms with Crippen LogP contribution in [0.5, 0.6) is 0 Å². The van der Waals surface area contributed by atoms with Gasteiger partial charge in [0.25, 0.3) is 0 Å². The number of aromatic nitrogens is 1. The number of thiazole rings is 1. The van der Waals surface area contributed by atoms with Crippen molar-refractivity contribution in [1.82, 2.24) is 4.98 Å². The second kappa shape index (κ2) is 3.31. The van der Waals surface area contributed by atoms with E-state index in [0.717, 1.165) is 7.44 Å². The third kappa shape index (κ3) is 1.80. The molecule has 0 atom stereocenters. The van der Waals surface area contributed by atoms with Crippen molar-refractivity contribution in [3.63, 3.8) is 0 Å². The Hall–Kier alpha value is 1.09. The molecule has 1 nitrogen and oxygen atoms in total. The van der Waals surface area contributed by atoms with Crippen molar-refractivity contribution in [3.05, 3.63) is 14.1 Å². The highest BCUT2D eigenvalue weighted by Crippen LogP contribution is 2.16. The summed E-state index contributed by atoms with van der Waals surface area (Å²) in [5.74, 6) is 0. The summed E-state index contributed by atoms with van der Waals surface area (Å²) in [6, 6.07) is 0. The van der Waals surface area contributed by atoms with Gasteiger partial charge in [0.1, 0.15) is 0 Å². The van der Waals surface area contributed by atoms with Crippen LogP contribution in [0.4, 0.5) is 0 Å². The third-order valence-corrected chi connectivity index (χ3v) is 3.72. The minimum Gasteiger partial charge on any atom is -0.238 e. The number of halogens is 2. The van der Waals surface area contributed by atoms with Gasteiger partial charge in [-0.05, 0) is 22.6 Å². The predicted molar refractivity (Wildman–Crippen MR) is 52.6 cm³/mol. The lowest BCUT2D eigenvalue weighted by Crippen LogP contribution is -1.60. The van der Waals surface area contributed by atoms with E-state index in [1.807, 2.05) is 6.20 Å². The van der Waals surface area contributed by atoms with Crippen molar-refractivity contribution < 1.29 is 0 Å². The van der Waals surface area contributed by atoms with E-state index in [4.69, 9.17) is 0 Å². The molecule has 0 aliphatic rings. The van der Waals surface area contributed by atoms with E-state index in [-0.39, 0.29) is 0 Å². The molecule has 1 aromatic heterocycles. The fraction of sp³-hybridized carbons (Fsp3) is 0.250. The largest absolute Gasteiger partial charge is 0.238 e. The molecular formula is C4H3I2NS. The molecule has 8 heavy (non-hydrogen) atoms. The summed E-state index contributed by atoms with van der Waals surface area (Å²) in [5.41, 5.74) is 0. The summed E-state index contributed by atoms with van der Waals surface area (Å²) in [6.07, 6.45) is 1.93. The van der Waals surface area contributed by atoms with E-state index in [2.05, 4.69) is 50.2 Å². The summed E-state index contributed by atoms with van der Waals surface area (Å²) < 4.78 is 2.22. The number of nitrogens with zero attached hydrogens (tertiary/aromatic N) is 1. The summed E-state index contributed by atoms with van der Waals surface area (Å²) >= 11 is 6.32. The molecule has 0 aliphatic carbocycles. The van der Waals surface area contributed by atoms with Crippen LogP contribution in [-0.2, 0) is 4.43 Å². The second-order valence-corrected chi connectivity index (χ2v) is 4.84. The quantitative estimate of drug-likeness (QED) is 0.560. The maximum atomic E-state index is 4.09. The van der Waals surface area contributed by atoms with Crippen molar-refractivity contribution in [2.75, 3.05) is 0 Å². The lowest BCUT2D eigenvalue weighted by atomic mass is 10.7. The first-order valence-corrected chi connectivity index (χ1v) is 5.41. The first kappa shape index (κ1) is 7.20. The van der Waals surface area contributed by atoms with Crippen LogP contribution in [-0.4, -0.2) is 4.98 Å². The Kier molecular flexibility index (Phi) is 2.98. The minimum absolute atomic E-state index is 1.08. The van der Waals surface area contributed by atoms with Crippen molar-refractivity contribution in [2.24, 2.45) is 0 Å². The standard InChI is InChI=1S/C4H3I2NS/c5-1-3-2-7-4(6)8-3/h2H,1H2. The number of hydrogen-bond donors (Lipinski definition) is 0. The monoisotopic (exact) mass is 351 g/mol. The zero-order valence-corrected chi connectivity index (χ0v) is 9.03. The van der Waals surface area contributed by atoms with Crippen molar-refractivity contribution >= 4 is 56.5 Å². The van der Waals surface area contributed by atoms with Crippen molar-refractivity contribution in [1.29, 1.82) is 0 Å². The van der Waals surface area contributed by atoms with Crippen LogP contribution < -0.4 is 0 Å². The van der Waals surface area contributed by atoms with Crippen LogP contribution >= 0.6 is 56.5 Å². The zero-order valence-electron chi connectivity index (χ0n) is 3.90. The highest BCUT2D eigenvalue weighted by Gasteiger charge is 1.93. The topological polar surface area (TPSA) is 12.9 Å². The summed E-state index contributed by atoms with van der Waals surface area (Å²) in [7, 11) is 0. The molecule has 0 saturated heterocycles. The van der Waals surface area contributed by atoms with Gasteiger partial charge in [-0.3, -0.25) is 0 Å². The average molecular weight is 351 g/mol. The molecular weight excluding hydrogens is 348 g/mol. The molecule has 0 aliphatic heterocycles. The molecule has 1 aromatic rings. The molecule has 44 valence electrons. The van der Waals surface area contributed by atoms with Gasteiger partial charge in [-0.15, -0.1) is 11.3 Å². The van der Waals surface area contributed by atoms with Crippen LogP contribution in [0.25, 0.3) is 0 Å². The molecule has 0 fully saturated rings. The van der Waals surface area contributed by atoms with Crippen molar-refractivity contribution in [3.8, 4) is 0 Å². The molecule has 0 N–H and O–H groups in total. The van der Waals surface area contributed by atoms with Gasteiger partial charge in [-0.2, -0.15) is 0 Å². The Balaban J connectivity index is 2.84. The molecule has 1 rings (SSSR count). The smallest absolute Gasteiger partial charge is 0.154 e. The van der Waals surface area contributed by atoms with E-state index < -0.39 is 0 Å². The van der Waals surface area contributed by atoms with E-state index >= 15 is 0 Å². The first-order chi connectivity index (χ1) is 3.83. The SMILES string of the molecule is ICc1cnc(I)s1. The van der Waals surface area contributed by atoms with Crippen LogP contribution in [0.1, 0.15) is 4.88 Å². The van der Waals surface area contributed by atoms with Gasteiger partial charge in [0, 0.05) is 15.5 Å². The van der Waals surface area contributed by atoms with E-state index in [0.29, 0.717) is 0 Å². The molecule has 0 aromatic carbocycles. The lowest BCUT2D eigenvalue weighted by Gasteiger charge is -1.75. The Morgan fingerprint density at radius 1 is 1.75 bits per heavy atom. The van der Waals surface area contributed by atoms with Gasteiger partial charge in [-0.1, -0.05) is 22.6 Å². The predicted octanol–water partition coefficient (Wildman–Crippen LogP) is 2.68.